The molecule has 10 aromatic carbocycles. The minimum atomic E-state index is -0.606. The number of hydrogen-bond acceptors (Lipinski definition) is 2. The molecule has 13 rings (SSSR count). The fourth-order valence-electron chi connectivity index (χ4n) is 11.0. The predicted molar refractivity (Wildman–Crippen MR) is 251 cm³/mol. The molecule has 3 nitrogen and oxygen atoms in total. The van der Waals surface area contributed by atoms with E-state index in [1.807, 2.05) is 12.1 Å². The van der Waals surface area contributed by atoms with Crippen LogP contribution in [0.2, 0.25) is 0 Å². The first-order valence-electron chi connectivity index (χ1n) is 20.9. The summed E-state index contributed by atoms with van der Waals surface area (Å²) >= 11 is 0. The normalized spacial score (nSPS) is 13.0. The highest BCUT2D eigenvalue weighted by atomic mass is 15.1. The van der Waals surface area contributed by atoms with Crippen LogP contribution in [0.4, 0.5) is 17.1 Å². The second-order valence-corrected chi connectivity index (χ2v) is 16.3. The standard InChI is InChI=1S/C58H35N3/c59-36-37-28-30-40(31-29-37)60(53-27-12-15-38-14-4-5-18-42(38)53)41-32-33-45-48-35-55-57(46-21-8-11-26-54(46)61(55)39-16-2-1-3-17-39)47-22-13-25-51(56(47)48)58(52(45)34-41)49-23-9-6-19-43(49)44-20-7-10-24-50(44)58/h1-35H. The van der Waals surface area contributed by atoms with Gasteiger partial charge in [0.05, 0.1) is 33.8 Å². The Labute approximate surface area is 353 Å². The van der Waals surface area contributed by atoms with Gasteiger partial charge < -0.3 is 9.47 Å². The molecule has 2 aliphatic carbocycles. The zero-order valence-corrected chi connectivity index (χ0v) is 33.0. The Bertz CT molecular complexity index is 3610. The van der Waals surface area contributed by atoms with Crippen LogP contribution in [0.5, 0.6) is 0 Å². The van der Waals surface area contributed by atoms with Gasteiger partial charge in [0.15, 0.2) is 0 Å². The summed E-state index contributed by atoms with van der Waals surface area (Å²) in [6.45, 7) is 0. The van der Waals surface area contributed by atoms with E-state index in [1.54, 1.807) is 0 Å². The van der Waals surface area contributed by atoms with Crippen LogP contribution in [0.3, 0.4) is 0 Å². The molecule has 0 radical (unpaired) electrons. The molecule has 0 fully saturated rings. The highest BCUT2D eigenvalue weighted by Crippen LogP contribution is 2.63. The molecule has 3 heteroatoms. The van der Waals surface area contributed by atoms with Gasteiger partial charge in [-0.25, -0.2) is 0 Å². The molecule has 0 aliphatic heterocycles. The lowest BCUT2D eigenvalue weighted by atomic mass is 9.61. The first-order valence-corrected chi connectivity index (χ1v) is 20.9. The monoisotopic (exact) mass is 773 g/mol. The molecule has 0 saturated carbocycles. The van der Waals surface area contributed by atoms with E-state index >= 15 is 0 Å². The van der Waals surface area contributed by atoms with Gasteiger partial charge in [0.2, 0.25) is 0 Å². The van der Waals surface area contributed by atoms with Gasteiger partial charge in [-0.05, 0) is 127 Å². The summed E-state index contributed by atoms with van der Waals surface area (Å²) in [4.78, 5) is 2.37. The lowest BCUT2D eigenvalue weighted by molar-refractivity contribution is 0.773. The lowest BCUT2D eigenvalue weighted by Gasteiger charge is -2.41. The molecule has 1 spiro atoms. The average Bonchev–Trinajstić information content (AvgIpc) is 3.82. The molecule has 1 heterocycles. The van der Waals surface area contributed by atoms with Gasteiger partial charge in [0.25, 0.3) is 0 Å². The average molecular weight is 774 g/mol. The molecule has 282 valence electrons. The van der Waals surface area contributed by atoms with Crippen molar-refractivity contribution in [1.29, 1.82) is 5.26 Å². The van der Waals surface area contributed by atoms with Crippen molar-refractivity contribution in [3.63, 3.8) is 0 Å². The number of rotatable bonds is 4. The highest BCUT2D eigenvalue weighted by Gasteiger charge is 2.50. The third-order valence-corrected chi connectivity index (χ3v) is 13.4. The number of hydrogen-bond donors (Lipinski definition) is 0. The van der Waals surface area contributed by atoms with Gasteiger partial charge in [-0.3, -0.25) is 0 Å². The van der Waals surface area contributed by atoms with E-state index in [9.17, 15) is 5.26 Å². The number of fused-ring (bicyclic) bond motifs is 14. The van der Waals surface area contributed by atoms with Crippen molar-refractivity contribution in [1.82, 2.24) is 4.57 Å². The minimum Gasteiger partial charge on any atom is -0.310 e. The molecule has 11 aromatic rings. The maximum atomic E-state index is 9.82. The maximum absolute atomic E-state index is 9.82. The molecule has 0 saturated heterocycles. The Morgan fingerprint density at radius 1 is 0.410 bits per heavy atom. The van der Waals surface area contributed by atoms with Crippen LogP contribution in [0.1, 0.15) is 27.8 Å². The number of nitriles is 1. The zero-order valence-electron chi connectivity index (χ0n) is 33.0. The number of para-hydroxylation sites is 2. The molecule has 0 bridgehead atoms. The second-order valence-electron chi connectivity index (χ2n) is 16.3. The number of nitrogens with zero attached hydrogens (tertiary/aromatic N) is 3. The number of benzene rings is 10. The molecular weight excluding hydrogens is 739 g/mol. The summed E-state index contributed by atoms with van der Waals surface area (Å²) in [6, 6.07) is 79.8. The summed E-state index contributed by atoms with van der Waals surface area (Å²) < 4.78 is 2.44. The van der Waals surface area contributed by atoms with Gasteiger partial charge in [0, 0.05) is 33.2 Å². The van der Waals surface area contributed by atoms with Gasteiger partial charge in [-0.2, -0.15) is 5.26 Å². The largest absolute Gasteiger partial charge is 0.310 e. The van der Waals surface area contributed by atoms with Crippen molar-refractivity contribution < 1.29 is 0 Å². The van der Waals surface area contributed by atoms with Crippen LogP contribution in [-0.2, 0) is 5.41 Å². The van der Waals surface area contributed by atoms with E-state index in [-0.39, 0.29) is 0 Å². The van der Waals surface area contributed by atoms with Crippen molar-refractivity contribution in [2.24, 2.45) is 0 Å². The van der Waals surface area contributed by atoms with Crippen LogP contribution in [-0.4, -0.2) is 4.57 Å². The van der Waals surface area contributed by atoms with E-state index in [0.29, 0.717) is 5.56 Å². The van der Waals surface area contributed by atoms with Gasteiger partial charge in [-0.15, -0.1) is 0 Å². The van der Waals surface area contributed by atoms with Crippen LogP contribution in [0.25, 0.3) is 71.3 Å². The third-order valence-electron chi connectivity index (χ3n) is 13.4. The highest BCUT2D eigenvalue weighted by molar-refractivity contribution is 6.26. The summed E-state index contributed by atoms with van der Waals surface area (Å²) in [5, 5.41) is 17.2. The van der Waals surface area contributed by atoms with E-state index in [1.165, 1.54) is 82.5 Å². The lowest BCUT2D eigenvalue weighted by Crippen LogP contribution is -2.32. The molecule has 0 atom stereocenters. The molecule has 0 unspecified atom stereocenters. The van der Waals surface area contributed by atoms with Crippen LogP contribution >= 0.6 is 0 Å². The minimum absolute atomic E-state index is 0.606. The zero-order chi connectivity index (χ0) is 40.2. The summed E-state index contributed by atoms with van der Waals surface area (Å²) in [5.74, 6) is 0. The van der Waals surface area contributed by atoms with Crippen LogP contribution in [0, 0.1) is 11.3 Å². The quantitative estimate of drug-likeness (QED) is 0.178. The van der Waals surface area contributed by atoms with E-state index < -0.39 is 5.41 Å². The topological polar surface area (TPSA) is 32.0 Å². The second kappa shape index (κ2) is 12.7. The van der Waals surface area contributed by atoms with Crippen molar-refractivity contribution in [3.05, 3.63) is 240 Å². The summed E-state index contributed by atoms with van der Waals surface area (Å²) in [7, 11) is 0. The smallest absolute Gasteiger partial charge is 0.0991 e. The Morgan fingerprint density at radius 2 is 1.02 bits per heavy atom. The van der Waals surface area contributed by atoms with Crippen LogP contribution in [0.15, 0.2) is 212 Å². The van der Waals surface area contributed by atoms with Crippen molar-refractivity contribution in [2.75, 3.05) is 4.90 Å². The van der Waals surface area contributed by atoms with E-state index in [4.69, 9.17) is 0 Å². The van der Waals surface area contributed by atoms with Crippen molar-refractivity contribution in [3.8, 4) is 34.0 Å². The Balaban J connectivity index is 1.19. The molecular formula is C58H35N3. The molecule has 61 heavy (non-hydrogen) atoms. The number of aromatic nitrogens is 1. The third kappa shape index (κ3) is 4.51. The fourth-order valence-corrected chi connectivity index (χ4v) is 11.0. The molecule has 1 aromatic heterocycles. The van der Waals surface area contributed by atoms with Crippen molar-refractivity contribution >= 4 is 60.4 Å². The van der Waals surface area contributed by atoms with Crippen LogP contribution < -0.4 is 4.90 Å². The fraction of sp³-hybridized carbons (Fsp3) is 0.0172. The summed E-state index contributed by atoms with van der Waals surface area (Å²) in [6.07, 6.45) is 0. The SMILES string of the molecule is N#Cc1ccc(N(c2ccc3c(c2)C2(c4ccccc4-c4ccccc42)c2cccc4c2c-3cc2c4c3ccccc3n2-c2ccccc2)c2cccc3ccccc23)cc1. The number of anilines is 3. The Hall–Kier alpha value is -8.19. The van der Waals surface area contributed by atoms with Gasteiger partial charge in [-0.1, -0.05) is 146 Å². The summed E-state index contributed by atoms with van der Waals surface area (Å²) in [5.41, 5.74) is 16.8. The molecule has 0 N–H and O–H groups in total. The maximum Gasteiger partial charge on any atom is 0.0991 e. The predicted octanol–water partition coefficient (Wildman–Crippen LogP) is 14.8. The van der Waals surface area contributed by atoms with Gasteiger partial charge >= 0.3 is 0 Å². The van der Waals surface area contributed by atoms with E-state index in [2.05, 4.69) is 216 Å². The van der Waals surface area contributed by atoms with Crippen molar-refractivity contribution in [2.45, 2.75) is 5.41 Å². The first kappa shape index (κ1) is 33.7. The Kier molecular flexibility index (Phi) is 7.00. The Morgan fingerprint density at radius 3 is 1.80 bits per heavy atom. The molecule has 2 aliphatic rings. The van der Waals surface area contributed by atoms with Gasteiger partial charge in [0.1, 0.15) is 0 Å². The van der Waals surface area contributed by atoms with E-state index in [0.717, 1.165) is 28.1 Å². The first-order chi connectivity index (χ1) is 30.2. The molecule has 0 amide bonds.